The second kappa shape index (κ2) is 7.90. The summed E-state index contributed by atoms with van der Waals surface area (Å²) in [6.07, 6.45) is 0.0669. The number of hydrogen-bond donors (Lipinski definition) is 1. The molecule has 22 heavy (non-hydrogen) atoms. The fourth-order valence-electron chi connectivity index (χ4n) is 2.67. The topological polar surface area (TPSA) is 82.6 Å². The van der Waals surface area contributed by atoms with Gasteiger partial charge in [-0.2, -0.15) is 5.26 Å². The first kappa shape index (κ1) is 16.4. The molecule has 118 valence electrons. The van der Waals surface area contributed by atoms with E-state index in [1.165, 1.54) is 0 Å². The fraction of sp³-hybridized carbons (Fsp3) is 0.500. The summed E-state index contributed by atoms with van der Waals surface area (Å²) in [5.74, 6) is -0.361. The Hall–Kier alpha value is -1.94. The van der Waals surface area contributed by atoms with Gasteiger partial charge in [0.25, 0.3) is 0 Å². The van der Waals surface area contributed by atoms with Gasteiger partial charge in [0, 0.05) is 26.2 Å². The summed E-state index contributed by atoms with van der Waals surface area (Å²) in [7, 11) is 2.06. The summed E-state index contributed by atoms with van der Waals surface area (Å²) in [6, 6.07) is 9.52. The Kier molecular flexibility index (Phi) is 5.90. The Morgan fingerprint density at radius 2 is 2.41 bits per heavy atom. The molecule has 6 heteroatoms. The molecule has 0 radical (unpaired) electrons. The summed E-state index contributed by atoms with van der Waals surface area (Å²) in [5.41, 5.74) is 6.96. The zero-order valence-electron chi connectivity index (χ0n) is 12.9. The second-order valence-corrected chi connectivity index (χ2v) is 5.70. The highest BCUT2D eigenvalue weighted by Crippen LogP contribution is 2.11. The SMILES string of the molecule is CN1CCO[C@H](CN(CC(N)=O)Cc2cccc(C#N)c2)C1. The molecule has 1 aliphatic rings. The quantitative estimate of drug-likeness (QED) is 0.810. The predicted molar refractivity (Wildman–Crippen MR) is 82.9 cm³/mol. The Labute approximate surface area is 131 Å². The Morgan fingerprint density at radius 3 is 3.09 bits per heavy atom. The molecule has 0 aromatic heterocycles. The Bertz CT molecular complexity index is 555. The van der Waals surface area contributed by atoms with Crippen molar-refractivity contribution >= 4 is 5.91 Å². The molecule has 1 heterocycles. The zero-order chi connectivity index (χ0) is 15.9. The largest absolute Gasteiger partial charge is 0.374 e. The molecule has 1 aliphatic heterocycles. The van der Waals surface area contributed by atoms with Gasteiger partial charge in [0.05, 0.1) is 30.9 Å². The minimum atomic E-state index is -0.361. The summed E-state index contributed by atoms with van der Waals surface area (Å²) in [4.78, 5) is 15.5. The van der Waals surface area contributed by atoms with Crippen molar-refractivity contribution in [2.24, 2.45) is 5.73 Å². The van der Waals surface area contributed by atoms with Gasteiger partial charge < -0.3 is 15.4 Å². The molecule has 0 spiro atoms. The van der Waals surface area contributed by atoms with E-state index in [1.54, 1.807) is 6.07 Å². The van der Waals surface area contributed by atoms with Gasteiger partial charge >= 0.3 is 0 Å². The summed E-state index contributed by atoms with van der Waals surface area (Å²) >= 11 is 0. The maximum Gasteiger partial charge on any atom is 0.231 e. The average molecular weight is 302 g/mol. The molecule has 6 nitrogen and oxygen atoms in total. The lowest BCUT2D eigenvalue weighted by atomic mass is 10.1. The zero-order valence-corrected chi connectivity index (χ0v) is 12.9. The molecule has 0 aliphatic carbocycles. The van der Waals surface area contributed by atoms with Crippen molar-refractivity contribution in [2.45, 2.75) is 12.6 Å². The van der Waals surface area contributed by atoms with Crippen molar-refractivity contribution in [1.82, 2.24) is 9.80 Å². The number of nitrogens with zero attached hydrogens (tertiary/aromatic N) is 3. The number of amides is 1. The van der Waals surface area contributed by atoms with Crippen LogP contribution in [0.1, 0.15) is 11.1 Å². The van der Waals surface area contributed by atoms with Crippen LogP contribution in [0.15, 0.2) is 24.3 Å². The molecule has 0 saturated carbocycles. The standard InChI is InChI=1S/C16H22N4O2/c1-19-5-6-22-15(10-19)11-20(12-16(18)21)9-14-4-2-3-13(7-14)8-17/h2-4,7,15H,5-6,9-12H2,1H3,(H2,18,21)/t15-/m0/s1. The number of likely N-dealkylation sites (N-methyl/N-ethyl adjacent to an activating group) is 1. The van der Waals surface area contributed by atoms with Gasteiger partial charge in [-0.05, 0) is 24.7 Å². The summed E-state index contributed by atoms with van der Waals surface area (Å²) in [5, 5.41) is 8.97. The number of carbonyl (C=O) groups is 1. The minimum absolute atomic E-state index is 0.0669. The van der Waals surface area contributed by atoms with Crippen LogP contribution in [0.4, 0.5) is 0 Å². The lowest BCUT2D eigenvalue weighted by Crippen LogP contribution is -2.47. The number of primary amides is 1. The number of nitriles is 1. The first-order valence-electron chi connectivity index (χ1n) is 7.36. The van der Waals surface area contributed by atoms with Gasteiger partial charge in [0.15, 0.2) is 0 Å². The average Bonchev–Trinajstić information content (AvgIpc) is 2.46. The van der Waals surface area contributed by atoms with E-state index in [0.29, 0.717) is 25.3 Å². The van der Waals surface area contributed by atoms with E-state index in [0.717, 1.165) is 18.7 Å². The van der Waals surface area contributed by atoms with Crippen molar-refractivity contribution in [3.8, 4) is 6.07 Å². The highest BCUT2D eigenvalue weighted by atomic mass is 16.5. The van der Waals surface area contributed by atoms with Gasteiger partial charge in [-0.1, -0.05) is 12.1 Å². The van der Waals surface area contributed by atoms with Crippen molar-refractivity contribution < 1.29 is 9.53 Å². The van der Waals surface area contributed by atoms with Crippen LogP contribution in [0.2, 0.25) is 0 Å². The van der Waals surface area contributed by atoms with Crippen LogP contribution in [-0.4, -0.2) is 61.6 Å². The Morgan fingerprint density at radius 1 is 1.59 bits per heavy atom. The lowest BCUT2D eigenvalue weighted by Gasteiger charge is -2.33. The Balaban J connectivity index is 2.02. The van der Waals surface area contributed by atoms with Crippen LogP contribution in [0, 0.1) is 11.3 Å². The molecule has 1 atom stereocenters. The molecule has 1 aromatic carbocycles. The van der Waals surface area contributed by atoms with Crippen molar-refractivity contribution in [1.29, 1.82) is 5.26 Å². The molecule has 0 bridgehead atoms. The van der Waals surface area contributed by atoms with Crippen LogP contribution in [0.25, 0.3) is 0 Å². The van der Waals surface area contributed by atoms with E-state index in [1.807, 2.05) is 23.1 Å². The monoisotopic (exact) mass is 302 g/mol. The third-order valence-corrected chi connectivity index (χ3v) is 3.65. The number of ether oxygens (including phenoxy) is 1. The van der Waals surface area contributed by atoms with Crippen LogP contribution >= 0.6 is 0 Å². The van der Waals surface area contributed by atoms with E-state index in [2.05, 4.69) is 18.0 Å². The minimum Gasteiger partial charge on any atom is -0.374 e. The molecular weight excluding hydrogens is 280 g/mol. The van der Waals surface area contributed by atoms with Crippen molar-refractivity contribution in [3.05, 3.63) is 35.4 Å². The number of hydrogen-bond acceptors (Lipinski definition) is 5. The molecular formula is C16H22N4O2. The van der Waals surface area contributed by atoms with E-state index in [-0.39, 0.29) is 18.6 Å². The highest BCUT2D eigenvalue weighted by molar-refractivity contribution is 5.75. The van der Waals surface area contributed by atoms with Crippen LogP contribution in [0.5, 0.6) is 0 Å². The molecule has 2 rings (SSSR count). The normalized spacial score (nSPS) is 19.0. The van der Waals surface area contributed by atoms with E-state index in [9.17, 15) is 4.79 Å². The van der Waals surface area contributed by atoms with E-state index >= 15 is 0 Å². The van der Waals surface area contributed by atoms with Gasteiger partial charge in [-0.25, -0.2) is 0 Å². The maximum absolute atomic E-state index is 11.3. The van der Waals surface area contributed by atoms with Gasteiger partial charge in [-0.3, -0.25) is 9.69 Å². The molecule has 1 aromatic rings. The predicted octanol–water partition coefficient (Wildman–Crippen LogP) is 0.176. The van der Waals surface area contributed by atoms with E-state index in [4.69, 9.17) is 15.7 Å². The van der Waals surface area contributed by atoms with E-state index < -0.39 is 0 Å². The van der Waals surface area contributed by atoms with Gasteiger partial charge in [0.2, 0.25) is 5.91 Å². The lowest BCUT2D eigenvalue weighted by molar-refractivity contribution is -0.120. The number of rotatable bonds is 6. The summed E-state index contributed by atoms with van der Waals surface area (Å²) < 4.78 is 5.76. The fourth-order valence-corrected chi connectivity index (χ4v) is 2.67. The molecule has 1 saturated heterocycles. The number of carbonyl (C=O) groups excluding carboxylic acids is 1. The smallest absolute Gasteiger partial charge is 0.231 e. The van der Waals surface area contributed by atoms with Crippen LogP contribution in [0.3, 0.4) is 0 Å². The van der Waals surface area contributed by atoms with Crippen LogP contribution < -0.4 is 5.73 Å². The molecule has 1 amide bonds. The maximum atomic E-state index is 11.3. The second-order valence-electron chi connectivity index (χ2n) is 5.70. The first-order valence-corrected chi connectivity index (χ1v) is 7.36. The third kappa shape index (κ3) is 5.11. The van der Waals surface area contributed by atoms with Crippen molar-refractivity contribution in [3.63, 3.8) is 0 Å². The number of morpholine rings is 1. The molecule has 1 fully saturated rings. The summed E-state index contributed by atoms with van der Waals surface area (Å²) in [6.45, 7) is 3.87. The molecule has 2 N–H and O–H groups in total. The van der Waals surface area contributed by atoms with Gasteiger partial charge in [0.1, 0.15) is 0 Å². The first-order chi connectivity index (χ1) is 10.6. The number of benzene rings is 1. The highest BCUT2D eigenvalue weighted by Gasteiger charge is 2.21. The van der Waals surface area contributed by atoms with Crippen LogP contribution in [-0.2, 0) is 16.1 Å². The molecule has 0 unspecified atom stereocenters. The van der Waals surface area contributed by atoms with Crippen molar-refractivity contribution in [2.75, 3.05) is 39.8 Å². The van der Waals surface area contributed by atoms with Gasteiger partial charge in [-0.15, -0.1) is 0 Å². The number of nitrogens with two attached hydrogens (primary N) is 1. The third-order valence-electron chi connectivity index (χ3n) is 3.65.